The summed E-state index contributed by atoms with van der Waals surface area (Å²) in [6, 6.07) is 5.72. The number of benzene rings is 2. The van der Waals surface area contributed by atoms with E-state index < -0.39 is 70.8 Å². The number of rotatable bonds is 5. The van der Waals surface area contributed by atoms with Gasteiger partial charge in [-0.25, -0.2) is 4.39 Å². The fraction of sp³-hybridized carbons (Fsp3) is 0.462. The molecule has 1 amide bonds. The van der Waals surface area contributed by atoms with Crippen LogP contribution in [0.2, 0.25) is 0 Å². The molecule has 0 aromatic heterocycles. The number of carbonyl (C=O) groups is 2. The molecule has 2 aromatic rings. The molecule has 2 heterocycles. The lowest BCUT2D eigenvalue weighted by molar-refractivity contribution is -0.159. The average molecular weight is 547 g/mol. The van der Waals surface area contributed by atoms with E-state index in [4.69, 9.17) is 4.74 Å². The lowest BCUT2D eigenvalue weighted by Crippen LogP contribution is -2.50. The van der Waals surface area contributed by atoms with Crippen molar-refractivity contribution >= 4 is 11.9 Å². The van der Waals surface area contributed by atoms with Crippen LogP contribution in [0, 0.1) is 11.2 Å². The molecule has 2 saturated heterocycles. The number of halogens is 7. The van der Waals surface area contributed by atoms with E-state index >= 15 is 0 Å². The van der Waals surface area contributed by atoms with Crippen LogP contribution in [0.1, 0.15) is 61.0 Å². The highest BCUT2D eigenvalue weighted by Crippen LogP contribution is 2.48. The highest BCUT2D eigenvalue weighted by molar-refractivity contribution is 5.87. The summed E-state index contributed by atoms with van der Waals surface area (Å²) >= 11 is 0. The minimum Gasteiger partial charge on any atom is -0.481 e. The van der Waals surface area contributed by atoms with Crippen molar-refractivity contribution in [2.24, 2.45) is 5.41 Å². The van der Waals surface area contributed by atoms with Crippen molar-refractivity contribution < 1.29 is 50.2 Å². The van der Waals surface area contributed by atoms with Crippen LogP contribution in [-0.2, 0) is 26.7 Å². The average Bonchev–Trinajstić information content (AvgIpc) is 3.16. The molecule has 5 atom stereocenters. The highest BCUT2D eigenvalue weighted by atomic mass is 19.4. The smallest absolute Gasteiger partial charge is 0.416 e. The molecule has 2 aromatic carbocycles. The molecular formula is C26H24F7NO4. The molecule has 12 heteroatoms. The van der Waals surface area contributed by atoms with Crippen LogP contribution in [0.25, 0.3) is 0 Å². The molecule has 0 radical (unpaired) electrons. The van der Waals surface area contributed by atoms with E-state index in [1.54, 1.807) is 0 Å². The van der Waals surface area contributed by atoms with Gasteiger partial charge in [0.15, 0.2) is 0 Å². The number of alkyl halides is 6. The summed E-state index contributed by atoms with van der Waals surface area (Å²) in [6.07, 6.45) is -12.5. The van der Waals surface area contributed by atoms with Gasteiger partial charge in [-0.2, -0.15) is 26.3 Å². The SMILES string of the molecule is CC(O[C@H]1CN2C(=O)CC(C)(C(=O)O)CC2C1c1ccc(F)cc1)c1cc(C(F)(F)F)cc(C(F)(F)F)c1. The molecule has 2 aliphatic rings. The van der Waals surface area contributed by atoms with Crippen LogP contribution in [-0.4, -0.2) is 40.6 Å². The number of hydrogen-bond donors (Lipinski definition) is 1. The van der Waals surface area contributed by atoms with E-state index in [1.165, 1.54) is 43.0 Å². The summed E-state index contributed by atoms with van der Waals surface area (Å²) in [5.41, 5.74) is -4.22. The van der Waals surface area contributed by atoms with E-state index in [9.17, 15) is 45.4 Å². The van der Waals surface area contributed by atoms with Crippen LogP contribution in [0.5, 0.6) is 0 Å². The van der Waals surface area contributed by atoms with Crippen molar-refractivity contribution in [2.75, 3.05) is 6.54 Å². The van der Waals surface area contributed by atoms with E-state index in [-0.39, 0.29) is 31.0 Å². The largest absolute Gasteiger partial charge is 0.481 e. The van der Waals surface area contributed by atoms with Gasteiger partial charge in [-0.1, -0.05) is 12.1 Å². The van der Waals surface area contributed by atoms with Crippen molar-refractivity contribution in [3.8, 4) is 0 Å². The van der Waals surface area contributed by atoms with Gasteiger partial charge in [-0.3, -0.25) is 9.59 Å². The fourth-order valence-electron chi connectivity index (χ4n) is 5.34. The number of ether oxygens (including phenoxy) is 1. The molecule has 5 nitrogen and oxygen atoms in total. The van der Waals surface area contributed by atoms with Gasteiger partial charge in [-0.15, -0.1) is 0 Å². The zero-order valence-electron chi connectivity index (χ0n) is 20.2. The zero-order chi connectivity index (χ0) is 28.2. The van der Waals surface area contributed by atoms with E-state index in [1.807, 2.05) is 0 Å². The van der Waals surface area contributed by atoms with Gasteiger partial charge in [0.1, 0.15) is 5.82 Å². The maximum absolute atomic E-state index is 13.6. The minimum atomic E-state index is -5.03. The second kappa shape index (κ2) is 9.55. The molecule has 2 aliphatic heterocycles. The summed E-state index contributed by atoms with van der Waals surface area (Å²) in [5, 5.41) is 9.74. The van der Waals surface area contributed by atoms with Crippen LogP contribution in [0.3, 0.4) is 0 Å². The number of carboxylic acid groups (broad SMARTS) is 1. The third kappa shape index (κ3) is 5.36. The Kier molecular flexibility index (Phi) is 7.00. The van der Waals surface area contributed by atoms with Gasteiger partial charge < -0.3 is 14.7 Å². The summed E-state index contributed by atoms with van der Waals surface area (Å²) in [6.45, 7) is 2.68. The number of carbonyl (C=O) groups excluding carboxylic acids is 1. The maximum atomic E-state index is 13.6. The Hall–Kier alpha value is -3.15. The molecular weight excluding hydrogens is 523 g/mol. The number of fused-ring (bicyclic) bond motifs is 1. The summed E-state index contributed by atoms with van der Waals surface area (Å²) in [5.74, 6) is -2.89. The second-order valence-electron chi connectivity index (χ2n) is 10.1. The normalized spacial score (nSPS) is 26.8. The number of carboxylic acids is 1. The number of hydrogen-bond acceptors (Lipinski definition) is 3. The second-order valence-corrected chi connectivity index (χ2v) is 10.1. The summed E-state index contributed by atoms with van der Waals surface area (Å²) in [7, 11) is 0. The quantitative estimate of drug-likeness (QED) is 0.454. The molecule has 0 aliphatic carbocycles. The Balaban J connectivity index is 1.72. The predicted octanol–water partition coefficient (Wildman–Crippen LogP) is 6.19. The van der Waals surface area contributed by atoms with Gasteiger partial charge in [-0.05, 0) is 61.7 Å². The molecule has 38 heavy (non-hydrogen) atoms. The van der Waals surface area contributed by atoms with E-state index in [0.717, 1.165) is 0 Å². The molecule has 2 fully saturated rings. The first-order valence-corrected chi connectivity index (χ1v) is 11.7. The van der Waals surface area contributed by atoms with Crippen LogP contribution >= 0.6 is 0 Å². The first-order chi connectivity index (χ1) is 17.5. The Morgan fingerprint density at radius 1 is 1.05 bits per heavy atom. The summed E-state index contributed by atoms with van der Waals surface area (Å²) in [4.78, 5) is 26.3. The molecule has 1 N–H and O–H groups in total. The van der Waals surface area contributed by atoms with Crippen LogP contribution in [0.4, 0.5) is 30.7 Å². The lowest BCUT2D eigenvalue weighted by atomic mass is 9.73. The van der Waals surface area contributed by atoms with Gasteiger partial charge in [0.25, 0.3) is 0 Å². The van der Waals surface area contributed by atoms with Crippen molar-refractivity contribution in [1.29, 1.82) is 0 Å². The Bertz CT molecular complexity index is 1200. The predicted molar refractivity (Wildman–Crippen MR) is 119 cm³/mol. The topological polar surface area (TPSA) is 66.8 Å². The number of nitrogens with zero attached hydrogens (tertiary/aromatic N) is 1. The summed E-state index contributed by atoms with van der Waals surface area (Å²) < 4.78 is 99.9. The van der Waals surface area contributed by atoms with Gasteiger partial charge in [0.05, 0.1) is 28.7 Å². The lowest BCUT2D eigenvalue weighted by Gasteiger charge is -2.40. The third-order valence-electron chi connectivity index (χ3n) is 7.34. The Labute approximate surface area is 213 Å². The number of aliphatic carboxylic acids is 1. The van der Waals surface area contributed by atoms with Gasteiger partial charge in [0.2, 0.25) is 5.91 Å². The number of piperidine rings is 1. The van der Waals surface area contributed by atoms with Gasteiger partial charge >= 0.3 is 18.3 Å². The molecule has 0 bridgehead atoms. The molecule has 0 spiro atoms. The van der Waals surface area contributed by atoms with Crippen molar-refractivity contribution in [1.82, 2.24) is 4.90 Å². The first kappa shape index (κ1) is 27.9. The van der Waals surface area contributed by atoms with Crippen molar-refractivity contribution in [3.63, 3.8) is 0 Å². The monoisotopic (exact) mass is 547 g/mol. The molecule has 0 saturated carbocycles. The third-order valence-corrected chi connectivity index (χ3v) is 7.34. The van der Waals surface area contributed by atoms with Crippen molar-refractivity contribution in [3.05, 3.63) is 70.5 Å². The van der Waals surface area contributed by atoms with Crippen molar-refractivity contribution in [2.45, 2.75) is 63.2 Å². The molecule has 4 rings (SSSR count). The number of amides is 1. The minimum absolute atomic E-state index is 0.0266. The van der Waals surface area contributed by atoms with Crippen LogP contribution in [0.15, 0.2) is 42.5 Å². The Morgan fingerprint density at radius 2 is 1.61 bits per heavy atom. The fourth-order valence-corrected chi connectivity index (χ4v) is 5.34. The Morgan fingerprint density at radius 3 is 2.11 bits per heavy atom. The standard InChI is InChI=1S/C26H24F7NO4/c1-13(15-7-16(25(28,29)30)9-17(8-15)26(31,32)33)38-20-12-34-19(10-24(2,23(36)37)11-21(34)35)22(20)14-3-5-18(27)6-4-14/h3-9,13,19-20,22H,10-12H2,1-2H3,(H,36,37)/t13?,19?,20-,22?,24?/m0/s1. The maximum Gasteiger partial charge on any atom is 0.416 e. The van der Waals surface area contributed by atoms with Crippen LogP contribution < -0.4 is 0 Å². The zero-order valence-corrected chi connectivity index (χ0v) is 20.2. The highest BCUT2D eigenvalue weighted by Gasteiger charge is 2.54. The van der Waals surface area contributed by atoms with E-state index in [0.29, 0.717) is 17.7 Å². The van der Waals surface area contributed by atoms with E-state index in [2.05, 4.69) is 0 Å². The van der Waals surface area contributed by atoms with Gasteiger partial charge in [0, 0.05) is 24.9 Å². The molecule has 4 unspecified atom stereocenters. The first-order valence-electron chi connectivity index (χ1n) is 11.7. The molecule has 206 valence electrons.